The zero-order chi connectivity index (χ0) is 15.4. The van der Waals surface area contributed by atoms with Crippen LogP contribution in [0.1, 0.15) is 31.2 Å². The first-order chi connectivity index (χ1) is 10.7. The van der Waals surface area contributed by atoms with Crippen LogP contribution in [-0.2, 0) is 11.2 Å². The van der Waals surface area contributed by atoms with E-state index in [1.807, 2.05) is 23.1 Å². The van der Waals surface area contributed by atoms with Crippen molar-refractivity contribution in [1.29, 1.82) is 0 Å². The number of amides is 1. The quantitative estimate of drug-likeness (QED) is 0.920. The summed E-state index contributed by atoms with van der Waals surface area (Å²) in [7, 11) is 0. The standard InChI is InChI=1S/C18H26N2O2/c21-17-8-4-7-16(17)19-11-13-20(14-12-19)18(22)10-9-15-5-2-1-3-6-15/h1-3,5-6,16-17,21H,4,7-14H2. The van der Waals surface area contributed by atoms with E-state index in [1.165, 1.54) is 5.56 Å². The van der Waals surface area contributed by atoms with Crippen molar-refractivity contribution in [3.8, 4) is 0 Å². The van der Waals surface area contributed by atoms with Crippen LogP contribution in [0.4, 0.5) is 0 Å². The highest BCUT2D eigenvalue weighted by atomic mass is 16.3. The minimum atomic E-state index is -0.166. The van der Waals surface area contributed by atoms with Crippen molar-refractivity contribution < 1.29 is 9.90 Å². The van der Waals surface area contributed by atoms with Gasteiger partial charge in [-0.25, -0.2) is 0 Å². The van der Waals surface area contributed by atoms with Gasteiger partial charge in [0.15, 0.2) is 0 Å². The van der Waals surface area contributed by atoms with E-state index in [4.69, 9.17) is 0 Å². The molecule has 4 heteroatoms. The molecule has 0 aromatic heterocycles. The molecule has 0 radical (unpaired) electrons. The second-order valence-corrected chi connectivity index (χ2v) is 6.47. The molecule has 4 nitrogen and oxygen atoms in total. The third kappa shape index (κ3) is 3.68. The second kappa shape index (κ2) is 7.25. The summed E-state index contributed by atoms with van der Waals surface area (Å²) in [5.74, 6) is 0.260. The Morgan fingerprint density at radius 1 is 1.09 bits per heavy atom. The Hall–Kier alpha value is -1.39. The lowest BCUT2D eigenvalue weighted by atomic mass is 10.1. The van der Waals surface area contributed by atoms with Crippen molar-refractivity contribution in [2.45, 2.75) is 44.2 Å². The van der Waals surface area contributed by atoms with Gasteiger partial charge in [0.1, 0.15) is 0 Å². The van der Waals surface area contributed by atoms with Gasteiger partial charge in [-0.3, -0.25) is 9.69 Å². The normalized spacial score (nSPS) is 26.3. The molecule has 1 saturated carbocycles. The van der Waals surface area contributed by atoms with E-state index in [9.17, 15) is 9.90 Å². The third-order valence-electron chi connectivity index (χ3n) is 5.05. The van der Waals surface area contributed by atoms with E-state index in [0.29, 0.717) is 12.5 Å². The molecular weight excluding hydrogens is 276 g/mol. The Labute approximate surface area is 132 Å². The van der Waals surface area contributed by atoms with E-state index in [0.717, 1.165) is 51.9 Å². The number of benzene rings is 1. The van der Waals surface area contributed by atoms with Gasteiger partial charge >= 0.3 is 0 Å². The Bertz CT molecular complexity index is 483. The third-order valence-corrected chi connectivity index (χ3v) is 5.05. The predicted molar refractivity (Wildman–Crippen MR) is 86.6 cm³/mol. The molecule has 0 spiro atoms. The highest BCUT2D eigenvalue weighted by Gasteiger charge is 2.33. The molecule has 3 rings (SSSR count). The summed E-state index contributed by atoms with van der Waals surface area (Å²) in [5, 5.41) is 10.0. The van der Waals surface area contributed by atoms with Gasteiger partial charge in [-0.15, -0.1) is 0 Å². The average Bonchev–Trinajstić information content (AvgIpc) is 3.00. The molecule has 1 heterocycles. The van der Waals surface area contributed by atoms with Gasteiger partial charge in [0.25, 0.3) is 0 Å². The van der Waals surface area contributed by atoms with Gasteiger partial charge in [0.2, 0.25) is 5.91 Å². The van der Waals surface area contributed by atoms with Gasteiger partial charge in [-0.1, -0.05) is 30.3 Å². The molecule has 0 bridgehead atoms. The maximum atomic E-state index is 12.3. The first-order valence-electron chi connectivity index (χ1n) is 8.48. The summed E-state index contributed by atoms with van der Waals surface area (Å²) in [5.41, 5.74) is 1.23. The van der Waals surface area contributed by atoms with E-state index < -0.39 is 0 Å². The fraction of sp³-hybridized carbons (Fsp3) is 0.611. The van der Waals surface area contributed by atoms with Crippen LogP contribution in [0.25, 0.3) is 0 Å². The number of nitrogens with zero attached hydrogens (tertiary/aromatic N) is 2. The molecule has 22 heavy (non-hydrogen) atoms. The molecule has 1 amide bonds. The molecule has 2 unspecified atom stereocenters. The summed E-state index contributed by atoms with van der Waals surface area (Å²) in [6, 6.07) is 10.5. The maximum absolute atomic E-state index is 12.3. The molecular formula is C18H26N2O2. The molecule has 1 aromatic rings. The molecule has 1 aromatic carbocycles. The number of aliphatic hydroxyl groups is 1. The SMILES string of the molecule is O=C(CCc1ccccc1)N1CCN(C2CCCC2O)CC1. The molecule has 2 fully saturated rings. The van der Waals surface area contributed by atoms with Crippen LogP contribution in [-0.4, -0.2) is 59.1 Å². The van der Waals surface area contributed by atoms with Gasteiger partial charge < -0.3 is 10.0 Å². The molecule has 1 saturated heterocycles. The Morgan fingerprint density at radius 2 is 1.82 bits per heavy atom. The lowest BCUT2D eigenvalue weighted by Gasteiger charge is -2.39. The summed E-state index contributed by atoms with van der Waals surface area (Å²) in [4.78, 5) is 16.7. The molecule has 1 aliphatic carbocycles. The van der Waals surface area contributed by atoms with E-state index in [2.05, 4.69) is 17.0 Å². The van der Waals surface area contributed by atoms with Crippen molar-refractivity contribution in [2.24, 2.45) is 0 Å². The van der Waals surface area contributed by atoms with Crippen LogP contribution < -0.4 is 0 Å². The van der Waals surface area contributed by atoms with Gasteiger partial charge in [0, 0.05) is 38.6 Å². The molecule has 1 N–H and O–H groups in total. The number of hydrogen-bond acceptors (Lipinski definition) is 3. The van der Waals surface area contributed by atoms with Gasteiger partial charge in [0.05, 0.1) is 6.10 Å². The lowest BCUT2D eigenvalue weighted by molar-refractivity contribution is -0.133. The molecule has 2 aliphatic rings. The Morgan fingerprint density at radius 3 is 2.45 bits per heavy atom. The number of carbonyl (C=O) groups excluding carboxylic acids is 1. The number of aryl methyl sites for hydroxylation is 1. The van der Waals surface area contributed by atoms with Crippen LogP contribution in [0.15, 0.2) is 30.3 Å². The first kappa shape index (κ1) is 15.5. The second-order valence-electron chi connectivity index (χ2n) is 6.47. The van der Waals surface area contributed by atoms with E-state index in [-0.39, 0.29) is 12.0 Å². The Kier molecular flexibility index (Phi) is 5.11. The zero-order valence-corrected chi connectivity index (χ0v) is 13.2. The molecule has 120 valence electrons. The zero-order valence-electron chi connectivity index (χ0n) is 13.2. The maximum Gasteiger partial charge on any atom is 0.222 e. The average molecular weight is 302 g/mol. The summed E-state index contributed by atoms with van der Waals surface area (Å²) in [6.45, 7) is 3.41. The number of piperazine rings is 1. The molecule has 1 aliphatic heterocycles. The highest BCUT2D eigenvalue weighted by molar-refractivity contribution is 5.76. The van der Waals surface area contributed by atoms with Crippen molar-refractivity contribution in [3.05, 3.63) is 35.9 Å². The fourth-order valence-corrected chi connectivity index (χ4v) is 3.70. The lowest BCUT2D eigenvalue weighted by Crippen LogP contribution is -2.53. The number of rotatable bonds is 4. The van der Waals surface area contributed by atoms with Crippen LogP contribution in [0.5, 0.6) is 0 Å². The fourth-order valence-electron chi connectivity index (χ4n) is 3.70. The summed E-state index contributed by atoms with van der Waals surface area (Å²) in [6.07, 6.45) is 4.41. The number of aliphatic hydroxyl groups excluding tert-OH is 1. The number of carbonyl (C=O) groups is 1. The van der Waals surface area contributed by atoms with Crippen molar-refractivity contribution in [2.75, 3.05) is 26.2 Å². The van der Waals surface area contributed by atoms with E-state index in [1.54, 1.807) is 0 Å². The van der Waals surface area contributed by atoms with Crippen LogP contribution in [0.2, 0.25) is 0 Å². The predicted octanol–water partition coefficient (Wildman–Crippen LogP) is 1.68. The minimum Gasteiger partial charge on any atom is -0.391 e. The number of hydrogen-bond donors (Lipinski definition) is 1. The highest BCUT2D eigenvalue weighted by Crippen LogP contribution is 2.25. The minimum absolute atomic E-state index is 0.166. The summed E-state index contributed by atoms with van der Waals surface area (Å²) >= 11 is 0. The monoisotopic (exact) mass is 302 g/mol. The largest absolute Gasteiger partial charge is 0.391 e. The van der Waals surface area contributed by atoms with Crippen molar-refractivity contribution in [3.63, 3.8) is 0 Å². The van der Waals surface area contributed by atoms with Crippen LogP contribution in [0.3, 0.4) is 0 Å². The van der Waals surface area contributed by atoms with E-state index >= 15 is 0 Å². The topological polar surface area (TPSA) is 43.8 Å². The van der Waals surface area contributed by atoms with Crippen LogP contribution >= 0.6 is 0 Å². The smallest absolute Gasteiger partial charge is 0.222 e. The van der Waals surface area contributed by atoms with Gasteiger partial charge in [-0.2, -0.15) is 0 Å². The van der Waals surface area contributed by atoms with Crippen molar-refractivity contribution >= 4 is 5.91 Å². The summed E-state index contributed by atoms with van der Waals surface area (Å²) < 4.78 is 0. The Balaban J connectivity index is 1.44. The first-order valence-corrected chi connectivity index (χ1v) is 8.48. The van der Waals surface area contributed by atoms with Gasteiger partial charge in [-0.05, 0) is 31.2 Å². The van der Waals surface area contributed by atoms with Crippen LogP contribution in [0, 0.1) is 0 Å². The molecule has 2 atom stereocenters. The van der Waals surface area contributed by atoms with Crippen molar-refractivity contribution in [1.82, 2.24) is 9.80 Å².